The highest BCUT2D eigenvalue weighted by atomic mass is 16.5. The van der Waals surface area contributed by atoms with Crippen LogP contribution in [-0.2, 0) is 4.74 Å². The van der Waals surface area contributed by atoms with Crippen LogP contribution in [0.1, 0.15) is 16.9 Å². The average molecular weight is 277 g/mol. The summed E-state index contributed by atoms with van der Waals surface area (Å²) in [5.41, 5.74) is 0.109. The lowest BCUT2D eigenvalue weighted by atomic mass is 10.2. The van der Waals surface area contributed by atoms with Gasteiger partial charge in [0.05, 0.1) is 13.2 Å². The molecule has 2 aliphatic heterocycles. The summed E-state index contributed by atoms with van der Waals surface area (Å²) in [7, 11) is 0. The average Bonchev–Trinajstić information content (AvgIpc) is 2.98. The molecule has 0 aliphatic carbocycles. The molecule has 0 bridgehead atoms. The molecule has 2 saturated heterocycles. The molecule has 0 spiro atoms. The fourth-order valence-electron chi connectivity index (χ4n) is 2.91. The molecule has 6 heteroatoms. The Kier molecular flexibility index (Phi) is 3.84. The van der Waals surface area contributed by atoms with E-state index in [4.69, 9.17) is 9.84 Å². The number of carboxylic acid groups (broad SMARTS) is 1. The Balaban J connectivity index is 1.67. The van der Waals surface area contributed by atoms with E-state index in [0.29, 0.717) is 6.04 Å². The van der Waals surface area contributed by atoms with Gasteiger partial charge in [-0.2, -0.15) is 0 Å². The molecule has 2 aliphatic rings. The number of carboxylic acids is 1. The zero-order valence-corrected chi connectivity index (χ0v) is 11.4. The summed E-state index contributed by atoms with van der Waals surface area (Å²) >= 11 is 0. The Hall–Kier alpha value is -1.66. The number of nitrogens with zero attached hydrogens (tertiary/aromatic N) is 3. The maximum absolute atomic E-state index is 11.0. The maximum atomic E-state index is 11.0. The molecule has 2 fully saturated rings. The number of carbonyl (C=O) groups is 1. The molecule has 1 aromatic rings. The van der Waals surface area contributed by atoms with E-state index < -0.39 is 5.97 Å². The molecule has 0 amide bonds. The number of pyridine rings is 1. The molecule has 1 N–H and O–H groups in total. The standard InChI is InChI=1S/C14H19N3O3/c18-14(19)12-2-1-3-13(15-12)17-5-4-11(10-17)16-6-8-20-9-7-16/h1-3,11H,4-10H2,(H,18,19). The topological polar surface area (TPSA) is 65.9 Å². The van der Waals surface area contributed by atoms with Crippen molar-refractivity contribution in [1.82, 2.24) is 9.88 Å². The SMILES string of the molecule is O=C(O)c1cccc(N2CCC(N3CCOCC3)C2)n1. The molecular formula is C14H19N3O3. The summed E-state index contributed by atoms with van der Waals surface area (Å²) in [5, 5.41) is 9.00. The second-order valence-corrected chi connectivity index (χ2v) is 5.22. The summed E-state index contributed by atoms with van der Waals surface area (Å²) in [4.78, 5) is 19.8. The molecule has 1 atom stereocenters. The monoisotopic (exact) mass is 277 g/mol. The molecule has 108 valence electrons. The zero-order valence-electron chi connectivity index (χ0n) is 11.4. The van der Waals surface area contributed by atoms with Crippen molar-refractivity contribution in [3.8, 4) is 0 Å². The van der Waals surface area contributed by atoms with Crippen molar-refractivity contribution in [3.63, 3.8) is 0 Å². The van der Waals surface area contributed by atoms with Crippen LogP contribution in [-0.4, -0.2) is 66.4 Å². The first kappa shape index (κ1) is 13.3. The van der Waals surface area contributed by atoms with E-state index in [1.54, 1.807) is 6.07 Å². The van der Waals surface area contributed by atoms with Gasteiger partial charge in [-0.05, 0) is 18.6 Å². The van der Waals surface area contributed by atoms with Crippen LogP contribution in [0.4, 0.5) is 5.82 Å². The van der Waals surface area contributed by atoms with Gasteiger partial charge in [-0.15, -0.1) is 0 Å². The lowest BCUT2D eigenvalue weighted by Gasteiger charge is -2.32. The molecule has 6 nitrogen and oxygen atoms in total. The predicted molar refractivity (Wildman–Crippen MR) is 74.2 cm³/mol. The first-order chi connectivity index (χ1) is 9.74. The molecule has 20 heavy (non-hydrogen) atoms. The third-order valence-electron chi connectivity index (χ3n) is 4.00. The van der Waals surface area contributed by atoms with Crippen LogP contribution in [0.2, 0.25) is 0 Å². The van der Waals surface area contributed by atoms with Gasteiger partial charge in [0, 0.05) is 32.2 Å². The first-order valence-electron chi connectivity index (χ1n) is 7.01. The fraction of sp³-hybridized carbons (Fsp3) is 0.571. The summed E-state index contributed by atoms with van der Waals surface area (Å²) in [6.45, 7) is 5.43. The van der Waals surface area contributed by atoms with Gasteiger partial charge in [-0.1, -0.05) is 6.07 Å². The van der Waals surface area contributed by atoms with E-state index in [-0.39, 0.29) is 5.69 Å². The van der Waals surface area contributed by atoms with Crippen LogP contribution in [0.5, 0.6) is 0 Å². The first-order valence-corrected chi connectivity index (χ1v) is 7.01. The minimum absolute atomic E-state index is 0.109. The molecule has 3 rings (SSSR count). The summed E-state index contributed by atoms with van der Waals surface area (Å²) in [6, 6.07) is 5.69. The van der Waals surface area contributed by atoms with E-state index in [1.807, 2.05) is 6.07 Å². The van der Waals surface area contributed by atoms with E-state index in [0.717, 1.165) is 51.6 Å². The highest BCUT2D eigenvalue weighted by Gasteiger charge is 2.29. The summed E-state index contributed by atoms with van der Waals surface area (Å²) < 4.78 is 5.38. The molecule has 3 heterocycles. The predicted octanol–water partition coefficient (Wildman–Crippen LogP) is 0.691. The van der Waals surface area contributed by atoms with Crippen LogP contribution >= 0.6 is 0 Å². The van der Waals surface area contributed by atoms with Crippen molar-refractivity contribution in [3.05, 3.63) is 23.9 Å². The zero-order chi connectivity index (χ0) is 13.9. The van der Waals surface area contributed by atoms with Crippen LogP contribution < -0.4 is 4.90 Å². The highest BCUT2D eigenvalue weighted by molar-refractivity contribution is 5.85. The number of hydrogen-bond donors (Lipinski definition) is 1. The third-order valence-corrected chi connectivity index (χ3v) is 4.00. The van der Waals surface area contributed by atoms with Crippen LogP contribution in [0.15, 0.2) is 18.2 Å². The third kappa shape index (κ3) is 2.76. The molecule has 1 aromatic heterocycles. The van der Waals surface area contributed by atoms with E-state index in [9.17, 15) is 4.79 Å². The van der Waals surface area contributed by atoms with Gasteiger partial charge in [-0.25, -0.2) is 9.78 Å². The largest absolute Gasteiger partial charge is 0.477 e. The number of aromatic carboxylic acids is 1. The number of aromatic nitrogens is 1. The molecule has 0 saturated carbocycles. The van der Waals surface area contributed by atoms with E-state index >= 15 is 0 Å². The summed E-state index contributed by atoms with van der Waals surface area (Å²) in [6.07, 6.45) is 1.10. The molecule has 0 radical (unpaired) electrons. The van der Waals surface area contributed by atoms with Crippen molar-refractivity contribution in [2.24, 2.45) is 0 Å². The molecular weight excluding hydrogens is 258 g/mol. The maximum Gasteiger partial charge on any atom is 0.354 e. The number of anilines is 1. The molecule has 1 unspecified atom stereocenters. The van der Waals surface area contributed by atoms with Crippen LogP contribution in [0.3, 0.4) is 0 Å². The van der Waals surface area contributed by atoms with Gasteiger partial charge in [-0.3, -0.25) is 4.90 Å². The fourth-order valence-corrected chi connectivity index (χ4v) is 2.91. The van der Waals surface area contributed by atoms with Gasteiger partial charge in [0.1, 0.15) is 5.82 Å². The van der Waals surface area contributed by atoms with Gasteiger partial charge < -0.3 is 14.7 Å². The minimum atomic E-state index is -0.976. The van der Waals surface area contributed by atoms with Gasteiger partial charge in [0.25, 0.3) is 0 Å². The highest BCUT2D eigenvalue weighted by Crippen LogP contribution is 2.22. The number of rotatable bonds is 3. The summed E-state index contributed by atoms with van der Waals surface area (Å²) in [5.74, 6) is -0.212. The number of morpholine rings is 1. The Morgan fingerprint density at radius 2 is 2.10 bits per heavy atom. The van der Waals surface area contributed by atoms with E-state index in [1.165, 1.54) is 6.07 Å². The lowest BCUT2D eigenvalue weighted by molar-refractivity contribution is 0.0209. The minimum Gasteiger partial charge on any atom is -0.477 e. The Morgan fingerprint density at radius 3 is 2.85 bits per heavy atom. The van der Waals surface area contributed by atoms with Crippen molar-refractivity contribution in [1.29, 1.82) is 0 Å². The Morgan fingerprint density at radius 1 is 1.30 bits per heavy atom. The van der Waals surface area contributed by atoms with Crippen molar-refractivity contribution >= 4 is 11.8 Å². The van der Waals surface area contributed by atoms with Crippen molar-refractivity contribution in [2.45, 2.75) is 12.5 Å². The van der Waals surface area contributed by atoms with Crippen molar-refractivity contribution in [2.75, 3.05) is 44.3 Å². The second kappa shape index (κ2) is 5.76. The normalized spacial score (nSPS) is 24.0. The van der Waals surface area contributed by atoms with E-state index in [2.05, 4.69) is 14.8 Å². The van der Waals surface area contributed by atoms with Crippen LogP contribution in [0.25, 0.3) is 0 Å². The smallest absolute Gasteiger partial charge is 0.354 e. The number of hydrogen-bond acceptors (Lipinski definition) is 5. The Bertz CT molecular complexity index is 488. The van der Waals surface area contributed by atoms with Gasteiger partial charge in [0.15, 0.2) is 5.69 Å². The quantitative estimate of drug-likeness (QED) is 0.877. The van der Waals surface area contributed by atoms with Crippen LogP contribution in [0, 0.1) is 0 Å². The lowest BCUT2D eigenvalue weighted by Crippen LogP contribution is -2.44. The second-order valence-electron chi connectivity index (χ2n) is 5.22. The van der Waals surface area contributed by atoms with Crippen molar-refractivity contribution < 1.29 is 14.6 Å². The van der Waals surface area contributed by atoms with Gasteiger partial charge >= 0.3 is 5.97 Å². The Labute approximate surface area is 118 Å². The van der Waals surface area contributed by atoms with Gasteiger partial charge in [0.2, 0.25) is 0 Å². The number of ether oxygens (including phenoxy) is 1. The molecule has 0 aromatic carbocycles.